The molecule has 1 unspecified atom stereocenters. The summed E-state index contributed by atoms with van der Waals surface area (Å²) in [7, 11) is 0. The van der Waals surface area contributed by atoms with Crippen molar-refractivity contribution in [1.29, 1.82) is 0 Å². The Bertz CT molecular complexity index is 552. The molecule has 0 fully saturated rings. The standard InChI is InChI=1S/C16H17ClO2/c1-11(2)19-15-8-4-6-13(10-15)16(18)12-5-3-7-14(17)9-12/h3-11,16,18H,1-2H3. The van der Waals surface area contributed by atoms with Crippen molar-refractivity contribution in [1.82, 2.24) is 0 Å². The van der Waals surface area contributed by atoms with Crippen LogP contribution in [0.15, 0.2) is 48.5 Å². The molecule has 0 saturated carbocycles. The van der Waals surface area contributed by atoms with Gasteiger partial charge in [-0.25, -0.2) is 0 Å². The summed E-state index contributed by atoms with van der Waals surface area (Å²) in [5.41, 5.74) is 1.56. The van der Waals surface area contributed by atoms with E-state index in [1.165, 1.54) is 0 Å². The number of rotatable bonds is 4. The van der Waals surface area contributed by atoms with E-state index in [2.05, 4.69) is 0 Å². The quantitative estimate of drug-likeness (QED) is 0.906. The maximum atomic E-state index is 10.4. The zero-order valence-corrected chi connectivity index (χ0v) is 11.8. The molecule has 0 radical (unpaired) electrons. The first-order valence-electron chi connectivity index (χ1n) is 6.26. The summed E-state index contributed by atoms with van der Waals surface area (Å²) >= 11 is 5.94. The summed E-state index contributed by atoms with van der Waals surface area (Å²) in [5, 5.41) is 11.0. The van der Waals surface area contributed by atoms with E-state index in [1.54, 1.807) is 12.1 Å². The van der Waals surface area contributed by atoms with Crippen LogP contribution >= 0.6 is 11.6 Å². The maximum Gasteiger partial charge on any atom is 0.120 e. The molecule has 0 aliphatic rings. The maximum absolute atomic E-state index is 10.4. The van der Waals surface area contributed by atoms with E-state index in [0.717, 1.165) is 16.9 Å². The third-order valence-corrected chi connectivity index (χ3v) is 2.95. The van der Waals surface area contributed by atoms with E-state index in [0.29, 0.717) is 5.02 Å². The minimum atomic E-state index is -0.700. The fourth-order valence-electron chi connectivity index (χ4n) is 1.90. The molecule has 100 valence electrons. The van der Waals surface area contributed by atoms with Gasteiger partial charge in [-0.05, 0) is 49.2 Å². The molecule has 0 spiro atoms. The fourth-order valence-corrected chi connectivity index (χ4v) is 2.10. The highest BCUT2D eigenvalue weighted by atomic mass is 35.5. The lowest BCUT2D eigenvalue weighted by molar-refractivity contribution is 0.216. The van der Waals surface area contributed by atoms with Crippen molar-refractivity contribution < 1.29 is 9.84 Å². The number of ether oxygens (including phenoxy) is 1. The van der Waals surface area contributed by atoms with Crippen LogP contribution in [-0.4, -0.2) is 11.2 Å². The Hall–Kier alpha value is -1.51. The minimum Gasteiger partial charge on any atom is -0.491 e. The third-order valence-electron chi connectivity index (χ3n) is 2.71. The van der Waals surface area contributed by atoms with E-state index < -0.39 is 6.10 Å². The van der Waals surface area contributed by atoms with Crippen molar-refractivity contribution in [3.05, 3.63) is 64.7 Å². The fraction of sp³-hybridized carbons (Fsp3) is 0.250. The van der Waals surface area contributed by atoms with Crippen LogP contribution in [0.2, 0.25) is 5.02 Å². The molecule has 0 saturated heterocycles. The largest absolute Gasteiger partial charge is 0.491 e. The van der Waals surface area contributed by atoms with Crippen LogP contribution in [0.1, 0.15) is 31.1 Å². The highest BCUT2D eigenvalue weighted by Crippen LogP contribution is 2.26. The lowest BCUT2D eigenvalue weighted by Crippen LogP contribution is -2.06. The van der Waals surface area contributed by atoms with Crippen LogP contribution in [0.25, 0.3) is 0 Å². The molecule has 19 heavy (non-hydrogen) atoms. The molecule has 0 aliphatic heterocycles. The van der Waals surface area contributed by atoms with Gasteiger partial charge in [0.1, 0.15) is 11.9 Å². The SMILES string of the molecule is CC(C)Oc1cccc(C(O)c2cccc(Cl)c2)c1. The zero-order valence-electron chi connectivity index (χ0n) is 11.0. The number of aliphatic hydroxyl groups excluding tert-OH is 1. The van der Waals surface area contributed by atoms with E-state index in [9.17, 15) is 5.11 Å². The molecule has 3 heteroatoms. The second kappa shape index (κ2) is 6.09. The van der Waals surface area contributed by atoms with Crippen LogP contribution in [0.5, 0.6) is 5.75 Å². The van der Waals surface area contributed by atoms with E-state index in [-0.39, 0.29) is 6.10 Å². The summed E-state index contributed by atoms with van der Waals surface area (Å²) in [5.74, 6) is 0.758. The van der Waals surface area contributed by atoms with Crippen molar-refractivity contribution in [2.24, 2.45) is 0 Å². The van der Waals surface area contributed by atoms with Crippen LogP contribution in [0, 0.1) is 0 Å². The van der Waals surface area contributed by atoms with E-state index in [1.807, 2.05) is 50.2 Å². The first-order chi connectivity index (χ1) is 9.06. The number of aliphatic hydroxyl groups is 1. The molecule has 0 aliphatic carbocycles. The number of hydrogen-bond acceptors (Lipinski definition) is 2. The van der Waals surface area contributed by atoms with Gasteiger partial charge in [-0.2, -0.15) is 0 Å². The molecule has 2 rings (SSSR count). The smallest absolute Gasteiger partial charge is 0.120 e. The van der Waals surface area contributed by atoms with Gasteiger partial charge in [0.05, 0.1) is 6.10 Å². The van der Waals surface area contributed by atoms with Gasteiger partial charge in [0.25, 0.3) is 0 Å². The van der Waals surface area contributed by atoms with Crippen LogP contribution < -0.4 is 4.74 Å². The Kier molecular flexibility index (Phi) is 4.46. The van der Waals surface area contributed by atoms with Crippen molar-refractivity contribution in [3.63, 3.8) is 0 Å². The topological polar surface area (TPSA) is 29.5 Å². The van der Waals surface area contributed by atoms with Gasteiger partial charge < -0.3 is 9.84 Å². The summed E-state index contributed by atoms with van der Waals surface area (Å²) in [6.45, 7) is 3.94. The van der Waals surface area contributed by atoms with Gasteiger partial charge in [-0.3, -0.25) is 0 Å². The van der Waals surface area contributed by atoms with Crippen molar-refractivity contribution in [2.75, 3.05) is 0 Å². The summed E-state index contributed by atoms with van der Waals surface area (Å²) in [6, 6.07) is 14.7. The summed E-state index contributed by atoms with van der Waals surface area (Å²) in [4.78, 5) is 0. The van der Waals surface area contributed by atoms with Gasteiger partial charge in [0.2, 0.25) is 0 Å². The summed E-state index contributed by atoms with van der Waals surface area (Å²) < 4.78 is 5.63. The second-order valence-corrected chi connectivity index (χ2v) is 5.13. The highest BCUT2D eigenvalue weighted by Gasteiger charge is 2.11. The molecule has 1 N–H and O–H groups in total. The second-order valence-electron chi connectivity index (χ2n) is 4.70. The molecule has 0 aromatic heterocycles. The molecule has 0 amide bonds. The van der Waals surface area contributed by atoms with Crippen LogP contribution in [-0.2, 0) is 0 Å². The molecule has 2 aromatic carbocycles. The summed E-state index contributed by atoms with van der Waals surface area (Å²) in [6.07, 6.45) is -0.590. The predicted octanol–water partition coefficient (Wildman–Crippen LogP) is 4.21. The number of hydrogen-bond donors (Lipinski definition) is 1. The molecular formula is C16H17ClO2. The predicted molar refractivity (Wildman–Crippen MR) is 77.7 cm³/mol. The molecule has 0 bridgehead atoms. The number of halogens is 1. The third kappa shape index (κ3) is 3.72. The van der Waals surface area contributed by atoms with Gasteiger partial charge in [-0.15, -0.1) is 0 Å². The van der Waals surface area contributed by atoms with Gasteiger partial charge in [0, 0.05) is 5.02 Å². The lowest BCUT2D eigenvalue weighted by Gasteiger charge is -2.15. The molecule has 2 nitrogen and oxygen atoms in total. The first kappa shape index (κ1) is 13.9. The Labute approximate surface area is 118 Å². The van der Waals surface area contributed by atoms with E-state index in [4.69, 9.17) is 16.3 Å². The average Bonchev–Trinajstić information content (AvgIpc) is 2.37. The Balaban J connectivity index is 2.26. The zero-order chi connectivity index (χ0) is 13.8. The molecular weight excluding hydrogens is 260 g/mol. The van der Waals surface area contributed by atoms with Crippen molar-refractivity contribution in [3.8, 4) is 5.75 Å². The van der Waals surface area contributed by atoms with Crippen LogP contribution in [0.3, 0.4) is 0 Å². The van der Waals surface area contributed by atoms with Gasteiger partial charge >= 0.3 is 0 Å². The van der Waals surface area contributed by atoms with Gasteiger partial charge in [0.15, 0.2) is 0 Å². The Morgan fingerprint density at radius 2 is 1.63 bits per heavy atom. The average molecular weight is 277 g/mol. The highest BCUT2D eigenvalue weighted by molar-refractivity contribution is 6.30. The van der Waals surface area contributed by atoms with Crippen molar-refractivity contribution >= 4 is 11.6 Å². The lowest BCUT2D eigenvalue weighted by atomic mass is 10.0. The molecule has 0 heterocycles. The first-order valence-corrected chi connectivity index (χ1v) is 6.64. The Morgan fingerprint density at radius 3 is 2.26 bits per heavy atom. The number of benzene rings is 2. The Morgan fingerprint density at radius 1 is 1.00 bits per heavy atom. The molecule has 1 atom stereocenters. The van der Waals surface area contributed by atoms with Crippen molar-refractivity contribution in [2.45, 2.75) is 26.1 Å². The monoisotopic (exact) mass is 276 g/mol. The normalized spacial score (nSPS) is 12.5. The van der Waals surface area contributed by atoms with Gasteiger partial charge in [-0.1, -0.05) is 35.9 Å². The van der Waals surface area contributed by atoms with E-state index >= 15 is 0 Å². The molecule has 2 aromatic rings. The minimum absolute atomic E-state index is 0.110. The van der Waals surface area contributed by atoms with Crippen LogP contribution in [0.4, 0.5) is 0 Å².